The van der Waals surface area contributed by atoms with Crippen molar-refractivity contribution < 1.29 is 9.47 Å². The molecular formula is C42H36N6O2S2. The molecule has 8 nitrogen and oxygen atoms in total. The molecule has 258 valence electrons. The molecule has 52 heavy (non-hydrogen) atoms. The number of thiazole rings is 2. The van der Waals surface area contributed by atoms with E-state index in [1.54, 1.807) is 22.7 Å². The van der Waals surface area contributed by atoms with Gasteiger partial charge in [-0.3, -0.25) is 0 Å². The van der Waals surface area contributed by atoms with Crippen molar-refractivity contribution in [2.24, 2.45) is 0 Å². The van der Waals surface area contributed by atoms with Gasteiger partial charge in [-0.15, -0.1) is 22.7 Å². The van der Waals surface area contributed by atoms with Crippen LogP contribution in [0.1, 0.15) is 124 Å². The Labute approximate surface area is 311 Å². The molecule has 0 unspecified atom stereocenters. The van der Waals surface area contributed by atoms with Crippen molar-refractivity contribution in [1.29, 1.82) is 15.8 Å². The molecule has 6 aliphatic rings. The van der Waals surface area contributed by atoms with Crippen LogP contribution in [-0.4, -0.2) is 9.97 Å². The van der Waals surface area contributed by atoms with Gasteiger partial charge in [0.1, 0.15) is 50.6 Å². The van der Waals surface area contributed by atoms with Crippen LogP contribution < -0.4 is 9.47 Å². The maximum atomic E-state index is 9.59. The fraction of sp³-hybridized carbons (Fsp3) is 0.429. The van der Waals surface area contributed by atoms with Gasteiger partial charge in [0, 0.05) is 11.1 Å². The van der Waals surface area contributed by atoms with Gasteiger partial charge in [-0.25, -0.2) is 20.1 Å². The molecular weight excluding hydrogens is 685 g/mol. The summed E-state index contributed by atoms with van der Waals surface area (Å²) in [5.74, 6) is 1.72. The minimum atomic E-state index is -0.499. The third-order valence-electron chi connectivity index (χ3n) is 11.7. The molecule has 4 aliphatic carbocycles. The molecule has 3 aromatic rings. The molecule has 0 radical (unpaired) electrons. The van der Waals surface area contributed by atoms with Crippen molar-refractivity contribution in [3.8, 4) is 50.6 Å². The Bertz CT molecular complexity index is 2130. The Morgan fingerprint density at radius 2 is 1.13 bits per heavy atom. The Morgan fingerprint density at radius 1 is 0.654 bits per heavy atom. The largest absolute Gasteiger partial charge is 0.480 e. The van der Waals surface area contributed by atoms with Crippen LogP contribution in [0.2, 0.25) is 0 Å². The van der Waals surface area contributed by atoms with Crippen molar-refractivity contribution in [3.05, 3.63) is 79.5 Å². The van der Waals surface area contributed by atoms with E-state index in [4.69, 9.17) is 26.0 Å². The number of aromatic nitrogens is 2. The van der Waals surface area contributed by atoms with Crippen molar-refractivity contribution in [3.63, 3.8) is 0 Å². The SMILES string of the molecule is [C-]#[N+]/C(C#N)=C1/C=C(c2nc3c(s2)-c2cc4c(cc2OC32CCCCC2)-c2sc(C3=CC(=C(C#N)C#N)CCC3)nc2C2(CCCCC2)O4)CCC1. The topological polar surface area (TPSA) is 120 Å². The van der Waals surface area contributed by atoms with E-state index in [0.717, 1.165) is 166 Å². The molecule has 2 aliphatic heterocycles. The van der Waals surface area contributed by atoms with E-state index in [1.807, 2.05) is 12.2 Å². The van der Waals surface area contributed by atoms with Crippen LogP contribution in [-0.2, 0) is 11.2 Å². The average molecular weight is 721 g/mol. The van der Waals surface area contributed by atoms with Gasteiger partial charge in [0.05, 0.1) is 22.4 Å². The van der Waals surface area contributed by atoms with E-state index in [1.165, 1.54) is 12.8 Å². The van der Waals surface area contributed by atoms with E-state index in [2.05, 4.69) is 35.2 Å². The zero-order chi connectivity index (χ0) is 35.5. The first-order chi connectivity index (χ1) is 25.5. The summed E-state index contributed by atoms with van der Waals surface area (Å²) in [5, 5.41) is 30.6. The number of fused-ring (bicyclic) bond motifs is 8. The number of allylic oxidation sites excluding steroid dienone is 8. The third kappa shape index (κ3) is 5.24. The number of hydrogen-bond acceptors (Lipinski definition) is 9. The minimum absolute atomic E-state index is 0.174. The van der Waals surface area contributed by atoms with Gasteiger partial charge < -0.3 is 9.47 Å². The smallest absolute Gasteiger partial charge is 0.265 e. The highest BCUT2D eigenvalue weighted by molar-refractivity contribution is 7.16. The zero-order valence-electron chi connectivity index (χ0n) is 28.9. The second-order valence-corrected chi connectivity index (χ2v) is 16.8. The lowest BCUT2D eigenvalue weighted by atomic mass is 9.78. The summed E-state index contributed by atoms with van der Waals surface area (Å²) in [4.78, 5) is 16.5. The van der Waals surface area contributed by atoms with Crippen LogP contribution in [0.3, 0.4) is 0 Å². The molecule has 0 saturated heterocycles. The summed E-state index contributed by atoms with van der Waals surface area (Å²) in [7, 11) is 0. The summed E-state index contributed by atoms with van der Waals surface area (Å²) in [6.07, 6.45) is 19.3. The highest BCUT2D eigenvalue weighted by Crippen LogP contribution is 2.60. The maximum absolute atomic E-state index is 9.59. The van der Waals surface area contributed by atoms with Crippen molar-refractivity contribution in [2.75, 3.05) is 0 Å². The normalized spacial score (nSPS) is 21.6. The fourth-order valence-electron chi connectivity index (χ4n) is 9.13. The van der Waals surface area contributed by atoms with E-state index in [0.29, 0.717) is 0 Å². The number of nitriles is 3. The first kappa shape index (κ1) is 32.9. The zero-order valence-corrected chi connectivity index (χ0v) is 30.6. The van der Waals surface area contributed by atoms with Crippen molar-refractivity contribution in [2.45, 2.75) is 114 Å². The van der Waals surface area contributed by atoms with Gasteiger partial charge in [0.2, 0.25) is 0 Å². The van der Waals surface area contributed by atoms with Crippen LogP contribution in [0.4, 0.5) is 0 Å². The summed E-state index contributed by atoms with van der Waals surface area (Å²) >= 11 is 3.41. The van der Waals surface area contributed by atoms with Gasteiger partial charge in [-0.05, 0) is 124 Å². The average Bonchev–Trinajstić information content (AvgIpc) is 3.85. The molecule has 2 spiro atoms. The molecule has 0 amide bonds. The Balaban J connectivity index is 1.20. The highest BCUT2D eigenvalue weighted by atomic mass is 32.1. The maximum Gasteiger partial charge on any atom is 0.265 e. The van der Waals surface area contributed by atoms with Crippen LogP contribution in [0.5, 0.6) is 11.5 Å². The molecule has 2 fully saturated rings. The number of hydrogen-bond donors (Lipinski definition) is 0. The van der Waals surface area contributed by atoms with Crippen molar-refractivity contribution >= 4 is 33.8 Å². The third-order valence-corrected chi connectivity index (χ3v) is 14.0. The van der Waals surface area contributed by atoms with Crippen LogP contribution >= 0.6 is 22.7 Å². The molecule has 2 aromatic heterocycles. The van der Waals surface area contributed by atoms with Gasteiger partial charge in [0.15, 0.2) is 11.2 Å². The number of nitrogens with zero attached hydrogens (tertiary/aromatic N) is 6. The van der Waals surface area contributed by atoms with Crippen molar-refractivity contribution in [1.82, 2.24) is 9.97 Å². The number of rotatable bonds is 2. The van der Waals surface area contributed by atoms with Crippen LogP contribution in [0, 0.1) is 40.6 Å². The molecule has 0 N–H and O–H groups in total. The molecule has 9 rings (SSSR count). The second kappa shape index (κ2) is 12.9. The van der Waals surface area contributed by atoms with Gasteiger partial charge >= 0.3 is 0 Å². The number of ether oxygens (including phenoxy) is 2. The lowest BCUT2D eigenvalue weighted by Gasteiger charge is -2.43. The minimum Gasteiger partial charge on any atom is -0.480 e. The van der Waals surface area contributed by atoms with E-state index >= 15 is 0 Å². The fourth-order valence-corrected chi connectivity index (χ4v) is 11.6. The summed E-state index contributed by atoms with van der Waals surface area (Å²) in [5.41, 5.74) is 7.23. The molecule has 2 saturated carbocycles. The summed E-state index contributed by atoms with van der Waals surface area (Å²) in [6.45, 7) is 7.51. The van der Waals surface area contributed by atoms with Gasteiger partial charge in [-0.2, -0.15) is 10.5 Å². The Hall–Kier alpha value is -5.00. The Kier molecular flexibility index (Phi) is 8.15. The quantitative estimate of drug-likeness (QED) is 0.191. The first-order valence-corrected chi connectivity index (χ1v) is 20.2. The molecule has 1 aromatic carbocycles. The predicted molar refractivity (Wildman–Crippen MR) is 201 cm³/mol. The highest BCUT2D eigenvalue weighted by Gasteiger charge is 2.48. The molecule has 4 heterocycles. The Morgan fingerprint density at radius 3 is 1.60 bits per heavy atom. The van der Waals surface area contributed by atoms with E-state index < -0.39 is 11.2 Å². The van der Waals surface area contributed by atoms with Gasteiger partial charge in [-0.1, -0.05) is 25.0 Å². The summed E-state index contributed by atoms with van der Waals surface area (Å²) in [6, 6.07) is 10.7. The standard InChI is InChI=1S/C42H36N6O2S2/c1-46-32(24-45)26-11-9-13-28(19-26)40-48-38-36(52-40)31-21-33-30(20-34(31)50-42(38)16-6-3-7-17-42)35-37(41(49-33)14-4-2-5-15-41)47-39(51-35)27-12-8-10-25(18-27)29(22-43)23-44/h18-21H,2-17H2/b32-26+. The molecule has 0 atom stereocenters. The van der Waals surface area contributed by atoms with Gasteiger partial charge in [0.25, 0.3) is 5.70 Å². The molecule has 10 heteroatoms. The van der Waals surface area contributed by atoms with E-state index in [9.17, 15) is 15.8 Å². The lowest BCUT2D eigenvalue weighted by Crippen LogP contribution is -2.39. The monoisotopic (exact) mass is 720 g/mol. The van der Waals surface area contributed by atoms with E-state index in [-0.39, 0.29) is 11.3 Å². The van der Waals surface area contributed by atoms with Crippen LogP contribution in [0.25, 0.3) is 36.9 Å². The van der Waals surface area contributed by atoms with Crippen LogP contribution in [0.15, 0.2) is 46.7 Å². The lowest BCUT2D eigenvalue weighted by molar-refractivity contribution is 0.0163. The second-order valence-electron chi connectivity index (χ2n) is 14.8. The predicted octanol–water partition coefficient (Wildman–Crippen LogP) is 11.2. The number of benzene rings is 1. The molecule has 0 bridgehead atoms. The summed E-state index contributed by atoms with van der Waals surface area (Å²) < 4.78 is 14.3. The first-order valence-electron chi connectivity index (χ1n) is 18.5.